The van der Waals surface area contributed by atoms with Crippen molar-refractivity contribution in [1.82, 2.24) is 0 Å². The minimum absolute atomic E-state index is 0.0224. The fraction of sp³-hybridized carbons (Fsp3) is 0.250. The summed E-state index contributed by atoms with van der Waals surface area (Å²) in [6.07, 6.45) is -4.69. The van der Waals surface area contributed by atoms with E-state index in [1.165, 1.54) is 24.3 Å². The van der Waals surface area contributed by atoms with E-state index < -0.39 is 47.5 Å². The zero-order valence-corrected chi connectivity index (χ0v) is 17.8. The van der Waals surface area contributed by atoms with Crippen LogP contribution in [-0.4, -0.2) is 59.4 Å². The second-order valence-corrected chi connectivity index (χ2v) is 8.77. The van der Waals surface area contributed by atoms with Gasteiger partial charge in [0.25, 0.3) is 0 Å². The molecule has 11 heteroatoms. The maximum absolute atomic E-state index is 11.6. The third-order valence-corrected chi connectivity index (χ3v) is 6.68. The normalized spacial score (nSPS) is 28.0. The molecule has 3 aliphatic heterocycles. The van der Waals surface area contributed by atoms with Gasteiger partial charge in [0.15, 0.2) is 11.5 Å². The number of aliphatic hydroxyl groups excluding tert-OH is 3. The number of rotatable bonds is 1. The van der Waals surface area contributed by atoms with E-state index in [1.807, 2.05) is 0 Å². The summed E-state index contributed by atoms with van der Waals surface area (Å²) in [6.45, 7) is 0. The fourth-order valence-corrected chi connectivity index (χ4v) is 5.07. The van der Waals surface area contributed by atoms with E-state index in [4.69, 9.17) is 14.2 Å². The third-order valence-electron chi connectivity index (χ3n) is 6.68. The predicted molar refractivity (Wildman–Crippen MR) is 115 cm³/mol. The molecular weight excluding hydrogens is 464 g/mol. The minimum atomic E-state index is -2.05. The molecule has 3 aromatic carbocycles. The standard InChI is InChI=1S/C24H20O11/c25-9-4-14(29)18-16(5-9)34-24(8-1-2-11(26)13(28)3-8)22(31)20(18)19-17(35-24)7-12(27)10-6-15(30)23(32)33-21(10)19/h1-5,7,15,20,22-23,25-32H,6H2/t15-,20-,22-,23+,24+/m1/s1. The molecule has 182 valence electrons. The predicted octanol–water partition coefficient (Wildman–Crippen LogP) is 0.959. The molecule has 3 aromatic rings. The molecule has 3 aliphatic rings. The number of hydrogen-bond acceptors (Lipinski definition) is 11. The largest absolute Gasteiger partial charge is 0.508 e. The maximum Gasteiger partial charge on any atom is 0.305 e. The van der Waals surface area contributed by atoms with Crippen molar-refractivity contribution >= 4 is 0 Å². The zero-order chi connectivity index (χ0) is 24.8. The van der Waals surface area contributed by atoms with Crippen LogP contribution >= 0.6 is 0 Å². The second-order valence-electron chi connectivity index (χ2n) is 8.77. The number of aliphatic hydroxyl groups is 3. The highest BCUT2D eigenvalue weighted by Crippen LogP contribution is 2.61. The van der Waals surface area contributed by atoms with Gasteiger partial charge < -0.3 is 55.1 Å². The third kappa shape index (κ3) is 2.83. The van der Waals surface area contributed by atoms with Crippen LogP contribution in [0.3, 0.4) is 0 Å². The van der Waals surface area contributed by atoms with E-state index in [1.54, 1.807) is 0 Å². The Kier molecular flexibility index (Phi) is 4.28. The lowest BCUT2D eigenvalue weighted by Gasteiger charge is -2.50. The number of phenols is 5. The lowest BCUT2D eigenvalue weighted by Crippen LogP contribution is -2.57. The summed E-state index contributed by atoms with van der Waals surface area (Å²) in [6, 6.07) is 7.16. The molecule has 0 aliphatic carbocycles. The second kappa shape index (κ2) is 6.98. The highest BCUT2D eigenvalue weighted by molar-refractivity contribution is 5.67. The van der Waals surface area contributed by atoms with Gasteiger partial charge in [0.05, 0.1) is 5.92 Å². The summed E-state index contributed by atoms with van der Waals surface area (Å²) < 4.78 is 17.7. The summed E-state index contributed by atoms with van der Waals surface area (Å²) >= 11 is 0. The lowest BCUT2D eigenvalue weighted by atomic mass is 9.74. The van der Waals surface area contributed by atoms with Crippen molar-refractivity contribution in [3.05, 3.63) is 58.7 Å². The van der Waals surface area contributed by atoms with Crippen LogP contribution in [0.1, 0.15) is 28.2 Å². The first-order valence-corrected chi connectivity index (χ1v) is 10.7. The Morgan fingerprint density at radius 1 is 0.743 bits per heavy atom. The minimum Gasteiger partial charge on any atom is -0.508 e. The Hall–Kier alpha value is -4.06. The molecule has 0 amide bonds. The average Bonchev–Trinajstić information content (AvgIpc) is 2.78. The molecule has 0 fully saturated rings. The van der Waals surface area contributed by atoms with Crippen LogP contribution in [0.2, 0.25) is 0 Å². The summed E-state index contributed by atoms with van der Waals surface area (Å²) in [4.78, 5) is 0. The Bertz CT molecular complexity index is 1390. The molecule has 35 heavy (non-hydrogen) atoms. The van der Waals surface area contributed by atoms with E-state index in [0.29, 0.717) is 0 Å². The molecule has 8 N–H and O–H groups in total. The molecule has 11 nitrogen and oxygen atoms in total. The van der Waals surface area contributed by atoms with Crippen molar-refractivity contribution in [2.24, 2.45) is 0 Å². The first-order valence-electron chi connectivity index (χ1n) is 10.7. The van der Waals surface area contributed by atoms with Crippen LogP contribution < -0.4 is 14.2 Å². The van der Waals surface area contributed by atoms with Crippen LogP contribution in [-0.2, 0) is 12.2 Å². The highest BCUT2D eigenvalue weighted by Gasteiger charge is 2.60. The van der Waals surface area contributed by atoms with E-state index >= 15 is 0 Å². The van der Waals surface area contributed by atoms with Gasteiger partial charge in [0.1, 0.15) is 46.7 Å². The SMILES string of the molecule is Oc1cc(O)c2c(c1)O[C@@]1(c3ccc(O)c(O)c3)Oc3cc(O)c4c(c3[C@@H]2[C@H]1O)O[C@H](O)[C@H](O)C4. The van der Waals surface area contributed by atoms with Crippen molar-refractivity contribution in [3.63, 3.8) is 0 Å². The van der Waals surface area contributed by atoms with Gasteiger partial charge in [0, 0.05) is 46.9 Å². The van der Waals surface area contributed by atoms with E-state index in [-0.39, 0.29) is 57.4 Å². The summed E-state index contributed by atoms with van der Waals surface area (Å²) in [5, 5.41) is 83.2. The highest BCUT2D eigenvalue weighted by atomic mass is 16.7. The molecule has 0 aromatic heterocycles. The lowest BCUT2D eigenvalue weighted by molar-refractivity contribution is -0.219. The summed E-state index contributed by atoms with van der Waals surface area (Å²) in [5.41, 5.74) is 0.493. The first kappa shape index (κ1) is 21.5. The number of hydrogen-bond donors (Lipinski definition) is 8. The Morgan fingerprint density at radius 2 is 1.46 bits per heavy atom. The van der Waals surface area contributed by atoms with Crippen LogP contribution in [0.25, 0.3) is 0 Å². The molecular formula is C24H20O11. The molecule has 0 saturated carbocycles. The Morgan fingerprint density at radius 3 is 2.17 bits per heavy atom. The van der Waals surface area contributed by atoms with Crippen LogP contribution in [0.5, 0.6) is 46.0 Å². The van der Waals surface area contributed by atoms with Crippen molar-refractivity contribution in [1.29, 1.82) is 0 Å². The first-order chi connectivity index (χ1) is 16.6. The van der Waals surface area contributed by atoms with Gasteiger partial charge in [-0.05, 0) is 18.2 Å². The number of fused-ring (bicyclic) bond motifs is 8. The van der Waals surface area contributed by atoms with Crippen molar-refractivity contribution < 1.29 is 55.1 Å². The van der Waals surface area contributed by atoms with E-state index in [0.717, 1.165) is 12.1 Å². The van der Waals surface area contributed by atoms with Crippen molar-refractivity contribution in [2.45, 2.75) is 36.6 Å². The molecule has 6 rings (SSSR count). The Labute approximate surface area is 196 Å². The molecule has 0 unspecified atom stereocenters. The summed E-state index contributed by atoms with van der Waals surface area (Å²) in [7, 11) is 0. The van der Waals surface area contributed by atoms with Gasteiger partial charge in [-0.2, -0.15) is 0 Å². The van der Waals surface area contributed by atoms with Gasteiger partial charge in [-0.25, -0.2) is 0 Å². The number of benzene rings is 3. The molecule has 2 bridgehead atoms. The number of ether oxygens (including phenoxy) is 3. The van der Waals surface area contributed by atoms with Crippen molar-refractivity contribution in [2.75, 3.05) is 0 Å². The topological polar surface area (TPSA) is 190 Å². The number of aromatic hydroxyl groups is 5. The van der Waals surface area contributed by atoms with Crippen LogP contribution in [0.15, 0.2) is 36.4 Å². The molecule has 5 atom stereocenters. The fourth-order valence-electron chi connectivity index (χ4n) is 5.07. The van der Waals surface area contributed by atoms with Gasteiger partial charge >= 0.3 is 5.79 Å². The van der Waals surface area contributed by atoms with Gasteiger partial charge in [-0.3, -0.25) is 0 Å². The monoisotopic (exact) mass is 484 g/mol. The zero-order valence-electron chi connectivity index (χ0n) is 17.8. The van der Waals surface area contributed by atoms with Crippen LogP contribution in [0, 0.1) is 0 Å². The molecule has 0 saturated heterocycles. The quantitative estimate of drug-likeness (QED) is 0.230. The van der Waals surface area contributed by atoms with Gasteiger partial charge in [-0.15, -0.1) is 0 Å². The summed E-state index contributed by atoms with van der Waals surface area (Å²) in [5.74, 6) is -5.27. The Balaban J connectivity index is 1.67. The average molecular weight is 484 g/mol. The smallest absolute Gasteiger partial charge is 0.305 e. The molecule has 3 heterocycles. The van der Waals surface area contributed by atoms with E-state index in [9.17, 15) is 40.9 Å². The maximum atomic E-state index is 11.6. The van der Waals surface area contributed by atoms with Gasteiger partial charge in [0.2, 0.25) is 6.29 Å². The van der Waals surface area contributed by atoms with E-state index in [2.05, 4.69) is 0 Å². The number of phenolic OH excluding ortho intramolecular Hbond substituents is 5. The van der Waals surface area contributed by atoms with Gasteiger partial charge in [-0.1, -0.05) is 0 Å². The van der Waals surface area contributed by atoms with Crippen molar-refractivity contribution in [3.8, 4) is 46.0 Å². The molecule has 0 spiro atoms. The van der Waals surface area contributed by atoms with Crippen LogP contribution in [0.4, 0.5) is 0 Å². The molecule has 0 radical (unpaired) electrons.